The summed E-state index contributed by atoms with van der Waals surface area (Å²) >= 11 is 0. The molecule has 2 aromatic rings. The molecule has 0 fully saturated rings. The minimum atomic E-state index is -0.492. The first-order chi connectivity index (χ1) is 10.3. The van der Waals surface area contributed by atoms with E-state index in [0.717, 1.165) is 5.56 Å². The van der Waals surface area contributed by atoms with Gasteiger partial charge in [-0.3, -0.25) is 4.98 Å². The fraction of sp³-hybridized carbons (Fsp3) is 0.125. The van der Waals surface area contributed by atoms with E-state index < -0.39 is 6.09 Å². The van der Waals surface area contributed by atoms with Gasteiger partial charge in [0, 0.05) is 12.7 Å². The maximum atomic E-state index is 11.5. The van der Waals surface area contributed by atoms with E-state index in [-0.39, 0.29) is 12.4 Å². The fourth-order valence-electron chi connectivity index (χ4n) is 1.62. The second-order valence-corrected chi connectivity index (χ2v) is 4.25. The predicted molar refractivity (Wildman–Crippen MR) is 79.6 cm³/mol. The Kier molecular flexibility index (Phi) is 5.34. The zero-order valence-corrected chi connectivity index (χ0v) is 11.4. The van der Waals surface area contributed by atoms with Crippen LogP contribution in [0.1, 0.15) is 11.3 Å². The van der Waals surface area contributed by atoms with E-state index in [2.05, 4.69) is 10.3 Å². The third kappa shape index (κ3) is 4.99. The normalized spacial score (nSPS) is 10.5. The highest BCUT2D eigenvalue weighted by Gasteiger charge is 2.00. The van der Waals surface area contributed by atoms with Crippen molar-refractivity contribution in [3.63, 3.8) is 0 Å². The van der Waals surface area contributed by atoms with Crippen LogP contribution in [0.4, 0.5) is 4.79 Å². The van der Waals surface area contributed by atoms with E-state index in [9.17, 15) is 9.90 Å². The Morgan fingerprint density at radius 1 is 1.24 bits per heavy atom. The van der Waals surface area contributed by atoms with Crippen molar-refractivity contribution < 1.29 is 14.6 Å². The van der Waals surface area contributed by atoms with Gasteiger partial charge in [0.1, 0.15) is 18.1 Å². The van der Waals surface area contributed by atoms with Gasteiger partial charge in [-0.15, -0.1) is 0 Å². The Hall–Kier alpha value is -2.82. The van der Waals surface area contributed by atoms with E-state index in [0.29, 0.717) is 12.2 Å². The van der Waals surface area contributed by atoms with Crippen molar-refractivity contribution in [2.45, 2.75) is 6.61 Å². The number of aromatic hydroxyl groups is 1. The van der Waals surface area contributed by atoms with Crippen LogP contribution >= 0.6 is 0 Å². The van der Waals surface area contributed by atoms with E-state index in [1.807, 2.05) is 30.3 Å². The number of hydrogen-bond acceptors (Lipinski definition) is 4. The Morgan fingerprint density at radius 3 is 2.81 bits per heavy atom. The van der Waals surface area contributed by atoms with Crippen molar-refractivity contribution in [3.8, 4) is 5.75 Å². The van der Waals surface area contributed by atoms with Crippen LogP contribution in [-0.2, 0) is 11.3 Å². The highest BCUT2D eigenvalue weighted by atomic mass is 16.5. The van der Waals surface area contributed by atoms with Crippen LogP contribution in [0.15, 0.2) is 54.7 Å². The van der Waals surface area contributed by atoms with E-state index in [1.54, 1.807) is 30.5 Å². The quantitative estimate of drug-likeness (QED) is 0.885. The van der Waals surface area contributed by atoms with Gasteiger partial charge in [-0.2, -0.15) is 0 Å². The molecular weight excluding hydrogens is 268 g/mol. The summed E-state index contributed by atoms with van der Waals surface area (Å²) in [5, 5.41) is 12.1. The molecule has 108 valence electrons. The lowest BCUT2D eigenvalue weighted by molar-refractivity contribution is 0.141. The van der Waals surface area contributed by atoms with Gasteiger partial charge in [-0.25, -0.2) is 4.79 Å². The molecule has 1 amide bonds. The first kappa shape index (κ1) is 14.6. The Balaban J connectivity index is 1.71. The van der Waals surface area contributed by atoms with Gasteiger partial charge in [-0.1, -0.05) is 36.4 Å². The monoisotopic (exact) mass is 284 g/mol. The number of pyridine rings is 1. The summed E-state index contributed by atoms with van der Waals surface area (Å²) in [6.07, 6.45) is 4.41. The van der Waals surface area contributed by atoms with Crippen LogP contribution in [0.3, 0.4) is 0 Å². The van der Waals surface area contributed by atoms with Gasteiger partial charge in [0.2, 0.25) is 0 Å². The molecule has 0 aliphatic rings. The minimum absolute atomic E-state index is 0.0976. The number of aromatic nitrogens is 1. The number of benzene rings is 1. The fourth-order valence-corrected chi connectivity index (χ4v) is 1.62. The number of nitrogens with zero attached hydrogens (tertiary/aromatic N) is 1. The van der Waals surface area contributed by atoms with Gasteiger partial charge < -0.3 is 15.2 Å². The van der Waals surface area contributed by atoms with Gasteiger partial charge >= 0.3 is 6.09 Å². The number of hydrogen-bond donors (Lipinski definition) is 2. The molecule has 0 saturated heterocycles. The van der Waals surface area contributed by atoms with Gasteiger partial charge in [-0.05, 0) is 23.8 Å². The molecule has 5 nitrogen and oxygen atoms in total. The summed E-state index contributed by atoms with van der Waals surface area (Å²) in [5.74, 6) is 0.0976. The van der Waals surface area contributed by atoms with Crippen LogP contribution in [-0.4, -0.2) is 22.7 Å². The van der Waals surface area contributed by atoms with E-state index >= 15 is 0 Å². The van der Waals surface area contributed by atoms with Crippen LogP contribution in [0.5, 0.6) is 5.75 Å². The van der Waals surface area contributed by atoms with Gasteiger partial charge in [0.05, 0.1) is 0 Å². The predicted octanol–water partition coefficient (Wildman–Crippen LogP) is 2.73. The Morgan fingerprint density at radius 2 is 2.05 bits per heavy atom. The van der Waals surface area contributed by atoms with Crippen molar-refractivity contribution >= 4 is 12.2 Å². The summed E-state index contributed by atoms with van der Waals surface area (Å²) in [5.41, 5.74) is 1.39. The lowest BCUT2D eigenvalue weighted by Crippen LogP contribution is -2.24. The first-order valence-corrected chi connectivity index (χ1v) is 6.51. The number of carbonyl (C=O) groups is 1. The van der Waals surface area contributed by atoms with E-state index in [4.69, 9.17) is 4.74 Å². The molecule has 1 heterocycles. The molecule has 0 spiro atoms. The van der Waals surface area contributed by atoms with Crippen LogP contribution in [0, 0.1) is 0 Å². The largest absolute Gasteiger partial charge is 0.506 e. The Labute approximate surface area is 122 Å². The second-order valence-electron chi connectivity index (χ2n) is 4.25. The summed E-state index contributed by atoms with van der Waals surface area (Å²) in [6.45, 7) is 0.529. The van der Waals surface area contributed by atoms with Crippen molar-refractivity contribution in [3.05, 3.63) is 66.0 Å². The number of ether oxygens (including phenoxy) is 1. The number of nitrogens with one attached hydrogen (secondary N) is 1. The third-order valence-electron chi connectivity index (χ3n) is 2.67. The summed E-state index contributed by atoms with van der Waals surface area (Å²) in [7, 11) is 0. The number of carbonyl (C=O) groups excluding carboxylic acids is 1. The Bertz CT molecular complexity index is 612. The average molecular weight is 284 g/mol. The standard InChI is InChI=1S/C16H16N2O3/c19-15-9-5-10-17-14(15)8-4-11-18-16(20)21-12-13-6-2-1-3-7-13/h1-10,19H,11-12H2,(H,18,20). The molecular formula is C16H16N2O3. The molecule has 0 radical (unpaired) electrons. The van der Waals surface area contributed by atoms with Crippen molar-refractivity contribution in [1.29, 1.82) is 0 Å². The number of rotatable bonds is 5. The number of amides is 1. The van der Waals surface area contributed by atoms with Crippen molar-refractivity contribution in [2.24, 2.45) is 0 Å². The van der Waals surface area contributed by atoms with Crippen molar-refractivity contribution in [1.82, 2.24) is 10.3 Å². The maximum Gasteiger partial charge on any atom is 0.407 e. The minimum Gasteiger partial charge on any atom is -0.506 e. The number of alkyl carbamates (subject to hydrolysis) is 1. The van der Waals surface area contributed by atoms with E-state index in [1.165, 1.54) is 0 Å². The molecule has 0 aliphatic heterocycles. The molecule has 21 heavy (non-hydrogen) atoms. The second kappa shape index (κ2) is 7.69. The molecule has 0 atom stereocenters. The zero-order valence-electron chi connectivity index (χ0n) is 11.4. The van der Waals surface area contributed by atoms with Crippen molar-refractivity contribution in [2.75, 3.05) is 6.54 Å². The maximum absolute atomic E-state index is 11.5. The van der Waals surface area contributed by atoms with Gasteiger partial charge in [0.25, 0.3) is 0 Å². The molecule has 0 saturated carbocycles. The SMILES string of the molecule is O=C(NCC=Cc1ncccc1O)OCc1ccccc1. The average Bonchev–Trinajstić information content (AvgIpc) is 2.52. The lowest BCUT2D eigenvalue weighted by atomic mass is 10.2. The van der Waals surface area contributed by atoms with Gasteiger partial charge in [0.15, 0.2) is 0 Å². The molecule has 2 N–H and O–H groups in total. The highest BCUT2D eigenvalue weighted by Crippen LogP contribution is 2.13. The summed E-state index contributed by atoms with van der Waals surface area (Å²) < 4.78 is 5.06. The van der Waals surface area contributed by atoms with Crippen LogP contribution in [0.25, 0.3) is 6.08 Å². The molecule has 5 heteroatoms. The lowest BCUT2D eigenvalue weighted by Gasteiger charge is -2.05. The molecule has 1 aromatic carbocycles. The molecule has 0 aliphatic carbocycles. The first-order valence-electron chi connectivity index (χ1n) is 6.51. The third-order valence-corrected chi connectivity index (χ3v) is 2.67. The summed E-state index contributed by atoms with van der Waals surface area (Å²) in [6, 6.07) is 12.6. The summed E-state index contributed by atoms with van der Waals surface area (Å²) in [4.78, 5) is 15.5. The highest BCUT2D eigenvalue weighted by molar-refractivity contribution is 5.67. The molecule has 1 aromatic heterocycles. The zero-order chi connectivity index (χ0) is 14.9. The van der Waals surface area contributed by atoms with Crippen LogP contribution < -0.4 is 5.32 Å². The van der Waals surface area contributed by atoms with Crippen LogP contribution in [0.2, 0.25) is 0 Å². The topological polar surface area (TPSA) is 71.5 Å². The molecule has 0 unspecified atom stereocenters. The molecule has 2 rings (SSSR count). The smallest absolute Gasteiger partial charge is 0.407 e. The molecule has 0 bridgehead atoms.